The van der Waals surface area contributed by atoms with Gasteiger partial charge >= 0.3 is 12.0 Å². The van der Waals surface area contributed by atoms with E-state index < -0.39 is 12.0 Å². The molecule has 3 rings (SSSR count). The predicted octanol–water partition coefficient (Wildman–Crippen LogP) is 3.42. The number of thiophene rings is 1. The summed E-state index contributed by atoms with van der Waals surface area (Å²) in [6.45, 7) is 0. The summed E-state index contributed by atoms with van der Waals surface area (Å²) in [7, 11) is 0. The molecule has 0 atom stereocenters. The summed E-state index contributed by atoms with van der Waals surface area (Å²) in [5, 5.41) is 18.5. The largest absolute Gasteiger partial charge is 0.478 e. The van der Waals surface area contributed by atoms with Gasteiger partial charge in [0.1, 0.15) is 5.00 Å². The van der Waals surface area contributed by atoms with Crippen molar-refractivity contribution < 1.29 is 14.7 Å². The van der Waals surface area contributed by atoms with Crippen molar-refractivity contribution in [3.63, 3.8) is 0 Å². The quantitative estimate of drug-likeness (QED) is 0.807. The number of thiazole rings is 1. The highest BCUT2D eigenvalue weighted by molar-refractivity contribution is 7.15. The molecule has 2 aromatic rings. The van der Waals surface area contributed by atoms with Crippen LogP contribution in [0.2, 0.25) is 0 Å². The Bertz CT molecular complexity index is 660. The summed E-state index contributed by atoms with van der Waals surface area (Å²) in [6, 6.07) is 0.976. The first-order valence-corrected chi connectivity index (χ1v) is 7.73. The topological polar surface area (TPSA) is 91.3 Å². The number of hydrogen-bond donors (Lipinski definition) is 3. The van der Waals surface area contributed by atoms with E-state index >= 15 is 0 Å². The lowest BCUT2D eigenvalue weighted by Gasteiger charge is -2.04. The van der Waals surface area contributed by atoms with Gasteiger partial charge in [-0.05, 0) is 24.3 Å². The molecule has 0 saturated heterocycles. The fraction of sp³-hybridized carbons (Fsp3) is 0.250. The van der Waals surface area contributed by atoms with Crippen LogP contribution in [0.25, 0.3) is 0 Å². The molecule has 0 spiro atoms. The molecule has 0 aliphatic heterocycles. The number of carbonyl (C=O) groups is 2. The van der Waals surface area contributed by atoms with Gasteiger partial charge in [-0.15, -0.1) is 22.7 Å². The molecule has 8 heteroatoms. The van der Waals surface area contributed by atoms with Crippen LogP contribution in [0.15, 0.2) is 16.8 Å². The van der Waals surface area contributed by atoms with Crippen LogP contribution in [0.5, 0.6) is 0 Å². The first-order chi connectivity index (χ1) is 9.63. The number of carbonyl (C=O) groups excluding carboxylic acids is 1. The number of nitrogens with one attached hydrogen (secondary N) is 2. The highest BCUT2D eigenvalue weighted by atomic mass is 32.1. The highest BCUT2D eigenvalue weighted by Gasteiger charge is 2.26. The van der Waals surface area contributed by atoms with E-state index in [0.717, 1.165) is 18.5 Å². The zero-order valence-electron chi connectivity index (χ0n) is 10.3. The van der Waals surface area contributed by atoms with Gasteiger partial charge in [0.05, 0.1) is 11.3 Å². The molecule has 2 aromatic heterocycles. The van der Waals surface area contributed by atoms with Gasteiger partial charge in [0.2, 0.25) is 0 Å². The standard InChI is InChI=1S/C12H11N3O3S2/c16-10(17)7-3-4-19-9(7)14-11(18)15-12-13-8(5-20-12)6-1-2-6/h3-6H,1-2H2,(H,16,17)(H2,13,14,15,18). The minimum Gasteiger partial charge on any atom is -0.478 e. The number of carboxylic acids is 1. The number of aromatic carboxylic acids is 1. The van der Waals surface area contributed by atoms with Gasteiger partial charge < -0.3 is 5.11 Å². The van der Waals surface area contributed by atoms with Crippen molar-refractivity contribution in [2.75, 3.05) is 10.6 Å². The van der Waals surface area contributed by atoms with E-state index in [-0.39, 0.29) is 5.56 Å². The Morgan fingerprint density at radius 2 is 2.10 bits per heavy atom. The first-order valence-electron chi connectivity index (χ1n) is 5.97. The minimum absolute atomic E-state index is 0.0861. The van der Waals surface area contributed by atoms with Gasteiger partial charge in [-0.3, -0.25) is 10.6 Å². The molecule has 6 nitrogen and oxygen atoms in total. The molecule has 0 radical (unpaired) electrons. The predicted molar refractivity (Wildman–Crippen MR) is 78.0 cm³/mol. The zero-order valence-corrected chi connectivity index (χ0v) is 11.9. The summed E-state index contributed by atoms with van der Waals surface area (Å²) < 4.78 is 0. The van der Waals surface area contributed by atoms with E-state index in [1.807, 2.05) is 5.38 Å². The SMILES string of the molecule is O=C(Nc1nc(C2CC2)cs1)Nc1sccc1C(=O)O. The fourth-order valence-electron chi connectivity index (χ4n) is 1.72. The lowest BCUT2D eigenvalue weighted by Crippen LogP contribution is -2.19. The van der Waals surface area contributed by atoms with Gasteiger partial charge in [-0.1, -0.05) is 0 Å². The molecule has 1 aliphatic rings. The fourth-order valence-corrected chi connectivity index (χ4v) is 3.28. The maximum atomic E-state index is 11.8. The number of nitrogens with zero attached hydrogens (tertiary/aromatic N) is 1. The number of urea groups is 1. The molecule has 1 fully saturated rings. The first kappa shape index (κ1) is 13.1. The Kier molecular flexibility index (Phi) is 3.41. The third-order valence-electron chi connectivity index (χ3n) is 2.86. The number of carboxylic acid groups (broad SMARTS) is 1. The minimum atomic E-state index is -1.06. The number of aromatic nitrogens is 1. The molecule has 3 N–H and O–H groups in total. The Labute approximate surface area is 122 Å². The van der Waals surface area contributed by atoms with Gasteiger partial charge in [0, 0.05) is 11.3 Å². The lowest BCUT2D eigenvalue weighted by molar-refractivity contribution is 0.0698. The average molecular weight is 309 g/mol. The van der Waals surface area contributed by atoms with E-state index in [1.54, 1.807) is 5.38 Å². The van der Waals surface area contributed by atoms with Crippen molar-refractivity contribution in [3.8, 4) is 0 Å². The van der Waals surface area contributed by atoms with Gasteiger partial charge in [0.15, 0.2) is 5.13 Å². The van der Waals surface area contributed by atoms with Gasteiger partial charge in [0.25, 0.3) is 0 Å². The van der Waals surface area contributed by atoms with Gasteiger partial charge in [-0.25, -0.2) is 14.6 Å². The third-order valence-corrected chi connectivity index (χ3v) is 4.47. The monoisotopic (exact) mass is 309 g/mol. The van der Waals surface area contributed by atoms with Crippen LogP contribution < -0.4 is 10.6 Å². The molecule has 104 valence electrons. The van der Waals surface area contributed by atoms with Crippen molar-refractivity contribution in [1.29, 1.82) is 0 Å². The van der Waals surface area contributed by atoms with E-state index in [1.165, 1.54) is 28.7 Å². The molecule has 20 heavy (non-hydrogen) atoms. The van der Waals surface area contributed by atoms with Crippen molar-refractivity contribution in [2.24, 2.45) is 0 Å². The van der Waals surface area contributed by atoms with E-state index in [0.29, 0.717) is 16.1 Å². The molecule has 0 unspecified atom stereocenters. The van der Waals surface area contributed by atoms with E-state index in [2.05, 4.69) is 15.6 Å². The smallest absolute Gasteiger partial charge is 0.338 e. The van der Waals surface area contributed by atoms with Gasteiger partial charge in [-0.2, -0.15) is 0 Å². The normalized spacial score (nSPS) is 14.0. The Hall–Kier alpha value is -1.93. The second kappa shape index (κ2) is 5.22. The summed E-state index contributed by atoms with van der Waals surface area (Å²) in [5.74, 6) is -0.521. The summed E-state index contributed by atoms with van der Waals surface area (Å²) in [4.78, 5) is 27.1. The highest BCUT2D eigenvalue weighted by Crippen LogP contribution is 2.40. The van der Waals surface area contributed by atoms with Crippen LogP contribution in [0.3, 0.4) is 0 Å². The van der Waals surface area contributed by atoms with Crippen molar-refractivity contribution in [2.45, 2.75) is 18.8 Å². The second-order valence-electron chi connectivity index (χ2n) is 4.40. The van der Waals surface area contributed by atoms with Crippen molar-refractivity contribution in [1.82, 2.24) is 4.98 Å². The van der Waals surface area contributed by atoms with Crippen LogP contribution in [0, 0.1) is 0 Å². The van der Waals surface area contributed by atoms with Crippen molar-refractivity contribution in [3.05, 3.63) is 28.1 Å². The molecule has 1 saturated carbocycles. The number of amides is 2. The molecular weight excluding hydrogens is 298 g/mol. The Morgan fingerprint density at radius 1 is 1.30 bits per heavy atom. The second-order valence-corrected chi connectivity index (χ2v) is 6.17. The van der Waals surface area contributed by atoms with E-state index in [9.17, 15) is 9.59 Å². The molecule has 0 bridgehead atoms. The molecule has 1 aliphatic carbocycles. The number of anilines is 2. The Morgan fingerprint density at radius 3 is 2.80 bits per heavy atom. The lowest BCUT2D eigenvalue weighted by atomic mass is 10.3. The maximum absolute atomic E-state index is 11.8. The zero-order chi connectivity index (χ0) is 14.1. The summed E-state index contributed by atoms with van der Waals surface area (Å²) in [5.41, 5.74) is 1.11. The number of hydrogen-bond acceptors (Lipinski definition) is 5. The van der Waals surface area contributed by atoms with Crippen LogP contribution in [-0.2, 0) is 0 Å². The van der Waals surface area contributed by atoms with Crippen molar-refractivity contribution >= 4 is 44.8 Å². The van der Waals surface area contributed by atoms with Crippen LogP contribution in [-0.4, -0.2) is 22.1 Å². The van der Waals surface area contributed by atoms with Crippen LogP contribution in [0.4, 0.5) is 14.9 Å². The Balaban J connectivity index is 1.63. The molecule has 2 heterocycles. The molecule has 2 amide bonds. The summed E-state index contributed by atoms with van der Waals surface area (Å²) in [6.07, 6.45) is 2.32. The van der Waals surface area contributed by atoms with Crippen LogP contribution >= 0.6 is 22.7 Å². The molecular formula is C12H11N3O3S2. The number of rotatable bonds is 4. The summed E-state index contributed by atoms with van der Waals surface area (Å²) >= 11 is 2.54. The molecule has 0 aromatic carbocycles. The van der Waals surface area contributed by atoms with E-state index in [4.69, 9.17) is 5.11 Å². The average Bonchev–Trinajstić information content (AvgIpc) is 2.96. The third kappa shape index (κ3) is 2.81. The van der Waals surface area contributed by atoms with Crippen LogP contribution in [0.1, 0.15) is 34.8 Å². The maximum Gasteiger partial charge on any atom is 0.338 e.